The highest BCUT2D eigenvalue weighted by Gasteiger charge is 2.20. The summed E-state index contributed by atoms with van der Waals surface area (Å²) in [5, 5.41) is 0.962. The first-order chi connectivity index (χ1) is 13.9. The summed E-state index contributed by atoms with van der Waals surface area (Å²) in [7, 11) is 1.55. The van der Waals surface area contributed by atoms with Gasteiger partial charge in [-0.1, -0.05) is 34.7 Å². The number of thioether (sulfide) groups is 1. The third-order valence-corrected chi connectivity index (χ3v) is 6.45. The molecule has 0 amide bonds. The lowest BCUT2D eigenvalue weighted by Gasteiger charge is -2.13. The first-order valence-electron chi connectivity index (χ1n) is 8.27. The van der Waals surface area contributed by atoms with Crippen LogP contribution in [0.15, 0.2) is 52.4 Å². The number of hydrogen-bond donors (Lipinski definition) is 0. The fourth-order valence-electron chi connectivity index (χ4n) is 2.94. The number of ether oxygens (including phenoxy) is 1. The summed E-state index contributed by atoms with van der Waals surface area (Å²) >= 11 is 14.2. The Balaban J connectivity index is 2.07. The molecule has 2 heterocycles. The highest BCUT2D eigenvalue weighted by molar-refractivity contribution is 7.98. The number of thiazole rings is 1. The van der Waals surface area contributed by atoms with E-state index in [2.05, 4.69) is 0 Å². The Kier molecular flexibility index (Phi) is 5.48. The van der Waals surface area contributed by atoms with Crippen LogP contribution in [-0.2, 0) is 0 Å². The Bertz CT molecular complexity index is 1350. The molecule has 2 aromatic carbocycles. The van der Waals surface area contributed by atoms with Crippen LogP contribution in [0, 0.1) is 9.77 Å². The van der Waals surface area contributed by atoms with E-state index in [9.17, 15) is 9.18 Å². The molecule has 0 fully saturated rings. The standard InChI is InChI=1S/C19H13ClFN3O2S3/c1-26-14-8-3-10(20)9-13(14)24-16-15(29-19(24)27)17(25)23(18(22-16)28-2)12-6-4-11(21)5-7-12/h3-9H,1-2H3. The van der Waals surface area contributed by atoms with Crippen LogP contribution in [0.5, 0.6) is 5.75 Å². The van der Waals surface area contributed by atoms with Gasteiger partial charge in [0.25, 0.3) is 5.56 Å². The molecule has 0 saturated carbocycles. The van der Waals surface area contributed by atoms with Crippen molar-refractivity contribution >= 4 is 57.3 Å². The molecule has 2 aromatic heterocycles. The van der Waals surface area contributed by atoms with Crippen LogP contribution in [0.25, 0.3) is 21.7 Å². The Hall–Kier alpha value is -2.20. The summed E-state index contributed by atoms with van der Waals surface area (Å²) in [4.78, 5) is 18.0. The molecule has 0 radical (unpaired) electrons. The second-order valence-electron chi connectivity index (χ2n) is 5.89. The highest BCUT2D eigenvalue weighted by Crippen LogP contribution is 2.32. The maximum atomic E-state index is 13.3. The van der Waals surface area contributed by atoms with Crippen molar-refractivity contribution in [3.63, 3.8) is 0 Å². The number of methoxy groups -OCH3 is 1. The van der Waals surface area contributed by atoms with Crippen molar-refractivity contribution in [1.82, 2.24) is 14.1 Å². The lowest BCUT2D eigenvalue weighted by atomic mass is 10.3. The van der Waals surface area contributed by atoms with Crippen LogP contribution in [0.2, 0.25) is 5.02 Å². The lowest BCUT2D eigenvalue weighted by Crippen LogP contribution is -2.21. The summed E-state index contributed by atoms with van der Waals surface area (Å²) < 4.78 is 22.8. The van der Waals surface area contributed by atoms with E-state index < -0.39 is 0 Å². The smallest absolute Gasteiger partial charge is 0.278 e. The lowest BCUT2D eigenvalue weighted by molar-refractivity contribution is 0.413. The summed E-state index contributed by atoms with van der Waals surface area (Å²) in [6.45, 7) is 0. The Morgan fingerprint density at radius 2 is 1.93 bits per heavy atom. The average Bonchev–Trinajstić information content (AvgIpc) is 3.04. The minimum Gasteiger partial charge on any atom is -0.495 e. The molecular weight excluding hydrogens is 453 g/mol. The highest BCUT2D eigenvalue weighted by atomic mass is 35.5. The maximum Gasteiger partial charge on any atom is 0.278 e. The molecule has 0 atom stereocenters. The molecule has 29 heavy (non-hydrogen) atoms. The van der Waals surface area contributed by atoms with E-state index in [0.29, 0.717) is 41.6 Å². The zero-order chi connectivity index (χ0) is 20.7. The van der Waals surface area contributed by atoms with Crippen LogP contribution in [0.3, 0.4) is 0 Å². The number of hydrogen-bond acceptors (Lipinski definition) is 6. The summed E-state index contributed by atoms with van der Waals surface area (Å²) in [6.07, 6.45) is 1.82. The SMILES string of the molecule is COc1ccc(Cl)cc1-n1c(=S)sc2c(=O)n(-c3ccc(F)cc3)c(SC)nc21. The molecule has 4 rings (SSSR count). The topological polar surface area (TPSA) is 49.0 Å². The van der Waals surface area contributed by atoms with Crippen LogP contribution in [-0.4, -0.2) is 27.5 Å². The van der Waals surface area contributed by atoms with E-state index in [-0.39, 0.29) is 11.4 Å². The molecule has 5 nitrogen and oxygen atoms in total. The van der Waals surface area contributed by atoms with Crippen molar-refractivity contribution in [3.8, 4) is 17.1 Å². The van der Waals surface area contributed by atoms with Gasteiger partial charge in [-0.05, 0) is 60.9 Å². The zero-order valence-electron chi connectivity index (χ0n) is 15.2. The van der Waals surface area contributed by atoms with Crippen molar-refractivity contribution in [2.45, 2.75) is 5.16 Å². The van der Waals surface area contributed by atoms with Gasteiger partial charge in [0.1, 0.15) is 16.3 Å². The third kappa shape index (κ3) is 3.48. The summed E-state index contributed by atoms with van der Waals surface area (Å²) in [6, 6.07) is 10.9. The molecule has 0 saturated heterocycles. The molecule has 0 spiro atoms. The Morgan fingerprint density at radius 3 is 2.59 bits per heavy atom. The second kappa shape index (κ2) is 7.91. The largest absolute Gasteiger partial charge is 0.495 e. The number of aromatic nitrogens is 3. The van der Waals surface area contributed by atoms with Gasteiger partial charge >= 0.3 is 0 Å². The van der Waals surface area contributed by atoms with Gasteiger partial charge in [0.05, 0.1) is 18.5 Å². The molecule has 0 unspecified atom stereocenters. The van der Waals surface area contributed by atoms with Crippen molar-refractivity contribution in [1.29, 1.82) is 0 Å². The molecule has 0 aliphatic heterocycles. The number of halogens is 2. The molecule has 0 N–H and O–H groups in total. The average molecular weight is 466 g/mol. The van der Waals surface area contributed by atoms with Gasteiger partial charge in [-0.2, -0.15) is 0 Å². The van der Waals surface area contributed by atoms with Crippen LogP contribution < -0.4 is 10.3 Å². The number of rotatable bonds is 4. The van der Waals surface area contributed by atoms with E-state index in [0.717, 1.165) is 11.3 Å². The summed E-state index contributed by atoms with van der Waals surface area (Å²) in [5.41, 5.74) is 1.28. The van der Waals surface area contributed by atoms with Crippen LogP contribution in [0.1, 0.15) is 0 Å². The van der Waals surface area contributed by atoms with Crippen molar-refractivity contribution < 1.29 is 9.13 Å². The molecule has 0 aliphatic carbocycles. The monoisotopic (exact) mass is 465 g/mol. The third-order valence-electron chi connectivity index (χ3n) is 4.23. The molecule has 10 heteroatoms. The van der Waals surface area contributed by atoms with Crippen LogP contribution >= 0.6 is 46.9 Å². The summed E-state index contributed by atoms with van der Waals surface area (Å²) in [5.74, 6) is 0.178. The van der Waals surface area contributed by atoms with E-state index >= 15 is 0 Å². The van der Waals surface area contributed by atoms with Gasteiger partial charge in [-0.15, -0.1) is 0 Å². The normalized spacial score (nSPS) is 11.2. The quantitative estimate of drug-likeness (QED) is 0.226. The molecule has 4 aromatic rings. The van der Waals surface area contributed by atoms with Gasteiger partial charge in [0.15, 0.2) is 14.8 Å². The van der Waals surface area contributed by atoms with E-state index in [1.54, 1.807) is 42.0 Å². The zero-order valence-corrected chi connectivity index (χ0v) is 18.4. The van der Waals surface area contributed by atoms with E-state index in [1.165, 1.54) is 28.5 Å². The first-order valence-corrected chi connectivity index (χ1v) is 11.1. The minimum absolute atomic E-state index is 0.276. The fourth-order valence-corrected chi connectivity index (χ4v) is 4.95. The molecule has 148 valence electrons. The van der Waals surface area contributed by atoms with Gasteiger partial charge in [0.2, 0.25) is 0 Å². The van der Waals surface area contributed by atoms with Gasteiger partial charge in [0, 0.05) is 5.02 Å². The Morgan fingerprint density at radius 1 is 1.21 bits per heavy atom. The van der Waals surface area contributed by atoms with Crippen molar-refractivity contribution in [3.05, 3.63) is 67.6 Å². The van der Waals surface area contributed by atoms with E-state index in [1.807, 2.05) is 6.26 Å². The van der Waals surface area contributed by atoms with Gasteiger partial charge in [-0.3, -0.25) is 13.9 Å². The Labute approximate surface area is 183 Å². The molecule has 0 bridgehead atoms. The molecule has 0 aliphatic rings. The van der Waals surface area contributed by atoms with E-state index in [4.69, 9.17) is 33.5 Å². The number of benzene rings is 2. The fraction of sp³-hybridized carbons (Fsp3) is 0.105. The minimum atomic E-state index is -0.378. The van der Waals surface area contributed by atoms with Crippen LogP contribution in [0.4, 0.5) is 4.39 Å². The predicted octanol–water partition coefficient (Wildman–Crippen LogP) is 5.49. The maximum absolute atomic E-state index is 13.3. The van der Waals surface area contributed by atoms with Gasteiger partial charge < -0.3 is 4.74 Å². The van der Waals surface area contributed by atoms with Crippen molar-refractivity contribution in [2.75, 3.05) is 13.4 Å². The predicted molar refractivity (Wildman–Crippen MR) is 119 cm³/mol. The first kappa shape index (κ1) is 20.1. The van der Waals surface area contributed by atoms with Gasteiger partial charge in [-0.25, -0.2) is 9.37 Å². The molecular formula is C19H13ClFN3O2S3. The number of nitrogens with zero attached hydrogens (tertiary/aromatic N) is 3. The second-order valence-corrected chi connectivity index (χ2v) is 8.74. The number of fused-ring (bicyclic) bond motifs is 1. The van der Waals surface area contributed by atoms with Crippen molar-refractivity contribution in [2.24, 2.45) is 0 Å².